The van der Waals surface area contributed by atoms with Crippen LogP contribution in [0.2, 0.25) is 0 Å². The smallest absolute Gasteiger partial charge is 0.164 e. The van der Waals surface area contributed by atoms with Gasteiger partial charge in [0.15, 0.2) is 5.78 Å². The first-order valence-corrected chi connectivity index (χ1v) is 14.9. The molecule has 0 amide bonds. The zero-order valence-corrected chi connectivity index (χ0v) is 28.7. The minimum absolute atomic E-state index is 0. The number of ketones is 1. The van der Waals surface area contributed by atoms with Crippen LogP contribution in [0.3, 0.4) is 0 Å². The Kier molecular flexibility index (Phi) is 8.68. The van der Waals surface area contributed by atoms with Crippen LogP contribution in [0.25, 0.3) is 60.4 Å². The summed E-state index contributed by atoms with van der Waals surface area (Å²) >= 11 is 0. The first-order valence-electron chi connectivity index (χ1n) is 14.9. The second-order valence-corrected chi connectivity index (χ2v) is 13.2. The molecular formula is C39H36IrN3O2-. The summed E-state index contributed by atoms with van der Waals surface area (Å²) in [4.78, 5) is 21.3. The van der Waals surface area contributed by atoms with Crippen molar-refractivity contribution in [1.29, 1.82) is 0 Å². The number of nitrogens with zero attached hydrogens (tertiary/aromatic N) is 3. The first-order chi connectivity index (χ1) is 20.9. The zero-order valence-electron chi connectivity index (χ0n) is 26.3. The van der Waals surface area contributed by atoms with Crippen molar-refractivity contribution in [1.82, 2.24) is 14.4 Å². The van der Waals surface area contributed by atoms with Crippen molar-refractivity contribution in [2.24, 2.45) is 10.8 Å². The van der Waals surface area contributed by atoms with Gasteiger partial charge in [-0.1, -0.05) is 114 Å². The standard InChI is InChI=1S/C28H16N3.C11H20O2.Ir/c1-2-8-19-17-20(14-13-18(19)7-1)26-27-24(15-16-29-26)30-28-23-11-4-3-9-21(23)22-10-5-6-12-25(22)31(27)28;1-10(2,3)8(12)7-9(13)11(4,5)6;/h1-13,15-17H;7,12H,1-6H3;/q-1;;/b;8-7-;. The molecule has 0 fully saturated rings. The molecule has 7 rings (SSSR count). The molecule has 3 aromatic heterocycles. The number of imidazole rings is 1. The van der Waals surface area contributed by atoms with Crippen molar-refractivity contribution in [2.45, 2.75) is 41.5 Å². The molecule has 5 nitrogen and oxygen atoms in total. The van der Waals surface area contributed by atoms with E-state index < -0.39 is 5.41 Å². The number of pyridine rings is 2. The van der Waals surface area contributed by atoms with Crippen LogP contribution in [0, 0.1) is 16.9 Å². The van der Waals surface area contributed by atoms with E-state index in [0.717, 1.165) is 38.8 Å². The van der Waals surface area contributed by atoms with Gasteiger partial charge in [0, 0.05) is 59.7 Å². The molecule has 0 spiro atoms. The van der Waals surface area contributed by atoms with Crippen molar-refractivity contribution in [3.05, 3.63) is 115 Å². The number of hydrogen-bond donors (Lipinski definition) is 1. The van der Waals surface area contributed by atoms with Gasteiger partial charge in [-0.05, 0) is 17.5 Å². The van der Waals surface area contributed by atoms with E-state index in [9.17, 15) is 9.90 Å². The van der Waals surface area contributed by atoms with Gasteiger partial charge in [-0.15, -0.1) is 29.1 Å². The predicted molar refractivity (Wildman–Crippen MR) is 182 cm³/mol. The van der Waals surface area contributed by atoms with Crippen molar-refractivity contribution >= 4 is 54.9 Å². The summed E-state index contributed by atoms with van der Waals surface area (Å²) in [5.74, 6) is 0.104. The van der Waals surface area contributed by atoms with Crippen LogP contribution in [-0.4, -0.2) is 25.3 Å². The van der Waals surface area contributed by atoms with Gasteiger partial charge in [-0.25, -0.2) is 4.98 Å². The average molecular weight is 771 g/mol. The van der Waals surface area contributed by atoms with Gasteiger partial charge in [0.2, 0.25) is 0 Å². The molecule has 45 heavy (non-hydrogen) atoms. The number of fused-ring (bicyclic) bond motifs is 9. The maximum absolute atomic E-state index is 11.5. The Balaban J connectivity index is 0.000000246. The molecule has 0 aliphatic rings. The van der Waals surface area contributed by atoms with E-state index in [4.69, 9.17) is 9.97 Å². The van der Waals surface area contributed by atoms with E-state index in [2.05, 4.69) is 89.3 Å². The van der Waals surface area contributed by atoms with Crippen molar-refractivity contribution in [2.75, 3.05) is 0 Å². The number of carbonyl (C=O) groups is 1. The number of aliphatic hydroxyl groups excluding tert-OH is 1. The maximum Gasteiger partial charge on any atom is 0.164 e. The van der Waals surface area contributed by atoms with E-state index in [1.807, 2.05) is 59.9 Å². The largest absolute Gasteiger partial charge is 0.512 e. The summed E-state index contributed by atoms with van der Waals surface area (Å²) in [6.45, 7) is 11.1. The molecule has 229 valence electrons. The number of rotatable bonds is 2. The maximum atomic E-state index is 11.5. The topological polar surface area (TPSA) is 67.5 Å². The molecule has 1 N–H and O–H groups in total. The molecular weight excluding hydrogens is 735 g/mol. The van der Waals surface area contributed by atoms with Crippen LogP contribution >= 0.6 is 0 Å². The molecule has 4 aromatic carbocycles. The third kappa shape index (κ3) is 6.13. The molecule has 0 aliphatic heterocycles. The Morgan fingerprint density at radius 3 is 2.11 bits per heavy atom. The fraction of sp³-hybridized carbons (Fsp3) is 0.205. The fourth-order valence-corrected chi connectivity index (χ4v) is 5.27. The number of para-hydroxylation sites is 1. The fourth-order valence-electron chi connectivity index (χ4n) is 5.27. The molecule has 0 saturated heterocycles. The van der Waals surface area contributed by atoms with Gasteiger partial charge in [0.05, 0.1) is 16.6 Å². The van der Waals surface area contributed by atoms with E-state index in [1.54, 1.807) is 0 Å². The quantitative estimate of drug-likeness (QED) is 0.0823. The zero-order chi connectivity index (χ0) is 31.2. The average Bonchev–Trinajstić information content (AvgIpc) is 3.41. The third-order valence-corrected chi connectivity index (χ3v) is 7.88. The molecule has 6 heteroatoms. The molecule has 1 radical (unpaired) electrons. The Morgan fingerprint density at radius 1 is 0.800 bits per heavy atom. The Labute approximate surface area is 277 Å². The van der Waals surface area contributed by atoms with E-state index in [0.29, 0.717) is 0 Å². The summed E-state index contributed by atoms with van der Waals surface area (Å²) in [5.41, 5.74) is 5.16. The second kappa shape index (κ2) is 12.2. The van der Waals surface area contributed by atoms with Crippen LogP contribution in [0.1, 0.15) is 41.5 Å². The normalized spacial score (nSPS) is 12.4. The molecule has 3 heterocycles. The molecule has 0 saturated carbocycles. The minimum Gasteiger partial charge on any atom is -0.512 e. The first kappa shape index (κ1) is 32.0. The summed E-state index contributed by atoms with van der Waals surface area (Å²) in [7, 11) is 0. The SMILES string of the molecule is CC(C)(C)C(=O)/C=C(\O)C(C)(C)C.[Ir].[c-]1cc2ccccc2cc1-c1nccc2nc3c4ccccc4c4ccccc4n3c12. The number of hydrogen-bond acceptors (Lipinski definition) is 4. The van der Waals surface area contributed by atoms with Gasteiger partial charge in [0.1, 0.15) is 11.4 Å². The van der Waals surface area contributed by atoms with Crippen molar-refractivity contribution in [3.63, 3.8) is 0 Å². The van der Waals surface area contributed by atoms with Crippen molar-refractivity contribution in [3.8, 4) is 11.3 Å². The number of allylic oxidation sites excluding steroid dienone is 2. The van der Waals surface area contributed by atoms with Crippen LogP contribution < -0.4 is 0 Å². The van der Waals surface area contributed by atoms with Gasteiger partial charge in [-0.2, -0.15) is 0 Å². The Bertz CT molecular complexity index is 2230. The number of aliphatic hydroxyl groups is 1. The molecule has 7 aromatic rings. The summed E-state index contributed by atoms with van der Waals surface area (Å²) in [6, 6.07) is 35.0. The van der Waals surface area contributed by atoms with Crippen LogP contribution in [0.4, 0.5) is 0 Å². The number of aromatic nitrogens is 3. The summed E-state index contributed by atoms with van der Waals surface area (Å²) < 4.78 is 2.26. The second-order valence-electron chi connectivity index (χ2n) is 13.2. The molecule has 0 unspecified atom stereocenters. The number of benzene rings is 4. The van der Waals surface area contributed by atoms with Crippen molar-refractivity contribution < 1.29 is 30.0 Å². The molecule has 0 atom stereocenters. The van der Waals surface area contributed by atoms with E-state index in [-0.39, 0.29) is 37.1 Å². The summed E-state index contributed by atoms with van der Waals surface area (Å²) in [6.07, 6.45) is 3.18. The minimum atomic E-state index is -0.417. The van der Waals surface area contributed by atoms with E-state index in [1.165, 1.54) is 27.6 Å². The van der Waals surface area contributed by atoms with Gasteiger partial charge in [0.25, 0.3) is 0 Å². The monoisotopic (exact) mass is 771 g/mol. The number of carbonyl (C=O) groups excluding carboxylic acids is 1. The third-order valence-electron chi connectivity index (χ3n) is 7.88. The van der Waals surface area contributed by atoms with Crippen LogP contribution in [0.5, 0.6) is 0 Å². The van der Waals surface area contributed by atoms with Gasteiger partial charge >= 0.3 is 0 Å². The molecule has 0 aliphatic carbocycles. The van der Waals surface area contributed by atoms with Gasteiger partial charge < -0.3 is 10.1 Å². The Morgan fingerprint density at radius 2 is 1.42 bits per heavy atom. The van der Waals surface area contributed by atoms with Crippen LogP contribution in [0.15, 0.2) is 109 Å². The predicted octanol–water partition coefficient (Wildman–Crippen LogP) is 9.90. The summed E-state index contributed by atoms with van der Waals surface area (Å²) in [5, 5.41) is 15.5. The van der Waals surface area contributed by atoms with Gasteiger partial charge in [-0.3, -0.25) is 9.20 Å². The molecule has 0 bridgehead atoms. The van der Waals surface area contributed by atoms with E-state index >= 15 is 0 Å². The Hall–Kier alpha value is -4.38. The van der Waals surface area contributed by atoms with Crippen LogP contribution in [-0.2, 0) is 24.9 Å².